The molecule has 18 heavy (non-hydrogen) atoms. The van der Waals surface area contributed by atoms with E-state index in [1.165, 1.54) is 44.7 Å². The van der Waals surface area contributed by atoms with E-state index in [0.717, 1.165) is 16.3 Å². The van der Waals surface area contributed by atoms with Gasteiger partial charge in [-0.2, -0.15) is 0 Å². The van der Waals surface area contributed by atoms with E-state index >= 15 is 0 Å². The quantitative estimate of drug-likeness (QED) is 0.744. The molecular weight excluding hydrogens is 356 g/mol. The molecule has 1 fully saturated rings. The van der Waals surface area contributed by atoms with E-state index in [1.807, 2.05) is 0 Å². The minimum atomic E-state index is 1.08. The second-order valence-corrected chi connectivity index (χ2v) is 6.50. The van der Waals surface area contributed by atoms with E-state index in [2.05, 4.69) is 65.9 Å². The van der Waals surface area contributed by atoms with E-state index in [9.17, 15) is 0 Å². The molecule has 2 nitrogen and oxygen atoms in total. The lowest BCUT2D eigenvalue weighted by Gasteiger charge is -2.21. The maximum Gasteiger partial charge on any atom is 0.0234 e. The molecule has 1 heterocycles. The molecule has 1 aromatic carbocycles. The molecule has 0 radical (unpaired) electrons. The molecule has 0 saturated carbocycles. The van der Waals surface area contributed by atoms with Crippen LogP contribution in [0.25, 0.3) is 0 Å². The van der Waals surface area contributed by atoms with Crippen molar-refractivity contribution >= 4 is 31.9 Å². The highest BCUT2D eigenvalue weighted by Crippen LogP contribution is 2.13. The molecule has 0 bridgehead atoms. The van der Waals surface area contributed by atoms with Crippen molar-refractivity contribution in [2.75, 3.05) is 38.1 Å². The van der Waals surface area contributed by atoms with Gasteiger partial charge in [-0.3, -0.25) is 4.90 Å². The molecule has 0 unspecified atom stereocenters. The van der Waals surface area contributed by atoms with Crippen molar-refractivity contribution in [1.29, 1.82) is 0 Å². The predicted octanol–water partition coefficient (Wildman–Crippen LogP) is 3.35. The number of halogens is 2. The first kappa shape index (κ1) is 14.5. The van der Waals surface area contributed by atoms with Crippen LogP contribution in [0.1, 0.15) is 12.0 Å². The molecule has 0 aromatic heterocycles. The van der Waals surface area contributed by atoms with Crippen LogP contribution in [0.2, 0.25) is 0 Å². The van der Waals surface area contributed by atoms with Crippen molar-refractivity contribution in [3.05, 3.63) is 34.3 Å². The third-order valence-corrected chi connectivity index (χ3v) is 4.28. The first-order chi connectivity index (χ1) is 8.78. The highest BCUT2D eigenvalue weighted by atomic mass is 79.9. The molecule has 0 N–H and O–H groups in total. The van der Waals surface area contributed by atoms with Gasteiger partial charge in [0.15, 0.2) is 0 Å². The number of rotatable bonds is 4. The van der Waals surface area contributed by atoms with Gasteiger partial charge < -0.3 is 4.90 Å². The van der Waals surface area contributed by atoms with E-state index in [4.69, 9.17) is 0 Å². The normalized spacial score (nSPS) is 18.8. The number of nitrogens with zero attached hydrogens (tertiary/aromatic N) is 2. The van der Waals surface area contributed by atoms with Gasteiger partial charge >= 0.3 is 0 Å². The summed E-state index contributed by atoms with van der Waals surface area (Å²) in [4.78, 5) is 5.12. The van der Waals surface area contributed by atoms with E-state index in [1.54, 1.807) is 0 Å². The van der Waals surface area contributed by atoms with Crippen LogP contribution < -0.4 is 0 Å². The molecule has 2 rings (SSSR count). The maximum atomic E-state index is 3.53. The van der Waals surface area contributed by atoms with Crippen LogP contribution in [0.5, 0.6) is 0 Å². The molecule has 0 amide bonds. The third-order valence-electron chi connectivity index (χ3n) is 3.40. The van der Waals surface area contributed by atoms with Crippen molar-refractivity contribution in [3.8, 4) is 0 Å². The Morgan fingerprint density at radius 1 is 0.944 bits per heavy atom. The SMILES string of the molecule is BrCCN1CCCN(Cc2ccc(Br)cc2)CC1. The maximum absolute atomic E-state index is 3.53. The smallest absolute Gasteiger partial charge is 0.0234 e. The van der Waals surface area contributed by atoms with Crippen molar-refractivity contribution in [1.82, 2.24) is 9.80 Å². The van der Waals surface area contributed by atoms with Gasteiger partial charge in [-0.05, 0) is 37.2 Å². The van der Waals surface area contributed by atoms with Gasteiger partial charge in [0, 0.05) is 36.0 Å². The molecule has 1 saturated heterocycles. The fourth-order valence-corrected chi connectivity index (χ4v) is 3.14. The number of alkyl halides is 1. The summed E-state index contributed by atoms with van der Waals surface area (Å²) >= 11 is 7.01. The van der Waals surface area contributed by atoms with E-state index in [-0.39, 0.29) is 0 Å². The van der Waals surface area contributed by atoms with Gasteiger partial charge in [-0.1, -0.05) is 44.0 Å². The van der Waals surface area contributed by atoms with Crippen molar-refractivity contribution in [2.24, 2.45) is 0 Å². The van der Waals surface area contributed by atoms with Crippen LogP contribution in [0.3, 0.4) is 0 Å². The topological polar surface area (TPSA) is 6.48 Å². The Kier molecular flexibility index (Phi) is 6.15. The third kappa shape index (κ3) is 4.65. The number of hydrogen-bond acceptors (Lipinski definition) is 2. The average molecular weight is 376 g/mol. The monoisotopic (exact) mass is 374 g/mol. The molecule has 1 aliphatic heterocycles. The Hall–Kier alpha value is 0.100. The van der Waals surface area contributed by atoms with Gasteiger partial charge in [0.1, 0.15) is 0 Å². The van der Waals surface area contributed by atoms with Crippen LogP contribution in [0, 0.1) is 0 Å². The van der Waals surface area contributed by atoms with Crippen LogP contribution >= 0.6 is 31.9 Å². The molecule has 0 atom stereocenters. The molecule has 1 aromatic rings. The highest BCUT2D eigenvalue weighted by Gasteiger charge is 2.14. The number of hydrogen-bond donors (Lipinski definition) is 0. The summed E-state index contributed by atoms with van der Waals surface area (Å²) in [5.74, 6) is 0. The Balaban J connectivity index is 1.84. The molecular formula is C14H20Br2N2. The zero-order valence-corrected chi connectivity index (χ0v) is 13.8. The van der Waals surface area contributed by atoms with Gasteiger partial charge in [-0.25, -0.2) is 0 Å². The summed E-state index contributed by atoms with van der Waals surface area (Å²) in [5, 5.41) is 1.08. The highest BCUT2D eigenvalue weighted by molar-refractivity contribution is 9.10. The Bertz CT molecular complexity index is 353. The van der Waals surface area contributed by atoms with E-state index < -0.39 is 0 Å². The van der Waals surface area contributed by atoms with Crippen LogP contribution in [-0.4, -0.2) is 47.9 Å². The molecule has 1 aliphatic rings. The number of benzene rings is 1. The fourth-order valence-electron chi connectivity index (χ4n) is 2.37. The fraction of sp³-hybridized carbons (Fsp3) is 0.571. The first-order valence-electron chi connectivity index (χ1n) is 6.53. The predicted molar refractivity (Wildman–Crippen MR) is 84.3 cm³/mol. The van der Waals surface area contributed by atoms with E-state index in [0.29, 0.717) is 0 Å². The second-order valence-electron chi connectivity index (χ2n) is 4.79. The van der Waals surface area contributed by atoms with Crippen molar-refractivity contribution < 1.29 is 0 Å². The van der Waals surface area contributed by atoms with Gasteiger partial charge in [0.05, 0.1) is 0 Å². The van der Waals surface area contributed by atoms with Gasteiger partial charge in [0.25, 0.3) is 0 Å². The Morgan fingerprint density at radius 2 is 1.61 bits per heavy atom. The van der Waals surface area contributed by atoms with Crippen LogP contribution in [0.15, 0.2) is 28.7 Å². The minimum absolute atomic E-state index is 1.08. The summed E-state index contributed by atoms with van der Waals surface area (Å²) in [6.07, 6.45) is 1.28. The summed E-state index contributed by atoms with van der Waals surface area (Å²) < 4.78 is 1.16. The Morgan fingerprint density at radius 3 is 2.33 bits per heavy atom. The second kappa shape index (κ2) is 7.63. The Labute approximate surface area is 127 Å². The van der Waals surface area contributed by atoms with Crippen LogP contribution in [-0.2, 0) is 6.54 Å². The lowest BCUT2D eigenvalue weighted by molar-refractivity contribution is 0.258. The lowest BCUT2D eigenvalue weighted by atomic mass is 10.2. The van der Waals surface area contributed by atoms with Gasteiger partial charge in [0.2, 0.25) is 0 Å². The molecule has 0 aliphatic carbocycles. The minimum Gasteiger partial charge on any atom is -0.301 e. The molecule has 0 spiro atoms. The molecule has 100 valence electrons. The summed E-state index contributed by atoms with van der Waals surface area (Å²) in [5.41, 5.74) is 1.41. The largest absolute Gasteiger partial charge is 0.301 e. The summed E-state index contributed by atoms with van der Waals surface area (Å²) in [6, 6.07) is 8.69. The zero-order chi connectivity index (χ0) is 12.8. The van der Waals surface area contributed by atoms with Crippen molar-refractivity contribution in [2.45, 2.75) is 13.0 Å². The lowest BCUT2D eigenvalue weighted by Crippen LogP contribution is -2.31. The zero-order valence-electron chi connectivity index (χ0n) is 10.6. The summed E-state index contributed by atoms with van der Waals surface area (Å²) in [6.45, 7) is 7.09. The molecule has 4 heteroatoms. The van der Waals surface area contributed by atoms with Crippen molar-refractivity contribution in [3.63, 3.8) is 0 Å². The van der Waals surface area contributed by atoms with Crippen LogP contribution in [0.4, 0.5) is 0 Å². The standard InChI is InChI=1S/C14H20Br2N2/c15-6-9-17-7-1-8-18(11-10-17)12-13-2-4-14(16)5-3-13/h2-5H,1,6-12H2. The van der Waals surface area contributed by atoms with Gasteiger partial charge in [-0.15, -0.1) is 0 Å². The first-order valence-corrected chi connectivity index (χ1v) is 8.44. The average Bonchev–Trinajstić information content (AvgIpc) is 2.59. The summed E-state index contributed by atoms with van der Waals surface area (Å²) in [7, 11) is 0.